The second-order valence-electron chi connectivity index (χ2n) is 7.14. The van der Waals surface area contributed by atoms with E-state index in [1.807, 2.05) is 0 Å². The van der Waals surface area contributed by atoms with Gasteiger partial charge in [-0.3, -0.25) is 0 Å². The maximum atomic E-state index is 5.75. The monoisotopic (exact) mass is 258 g/mol. The van der Waals surface area contributed by atoms with Crippen LogP contribution in [0.1, 0.15) is 52.2 Å². The summed E-state index contributed by atoms with van der Waals surface area (Å²) in [5, 5.41) is 1.34. The summed E-state index contributed by atoms with van der Waals surface area (Å²) in [6.45, 7) is 12.0. The van der Waals surface area contributed by atoms with Crippen LogP contribution in [0.5, 0.6) is 0 Å². The summed E-state index contributed by atoms with van der Waals surface area (Å²) in [4.78, 5) is 3.39. The minimum absolute atomic E-state index is 0.115. The van der Waals surface area contributed by atoms with Crippen LogP contribution in [0.4, 0.5) is 0 Å². The van der Waals surface area contributed by atoms with E-state index in [0.717, 1.165) is 13.0 Å². The van der Waals surface area contributed by atoms with Crippen molar-refractivity contribution >= 4 is 10.9 Å². The van der Waals surface area contributed by atoms with Crippen LogP contribution >= 0.6 is 0 Å². The second kappa shape index (κ2) is 4.68. The zero-order valence-electron chi connectivity index (χ0n) is 12.8. The normalized spacial score (nSPS) is 13.2. The fourth-order valence-electron chi connectivity index (χ4n) is 2.64. The van der Waals surface area contributed by atoms with Crippen molar-refractivity contribution in [2.75, 3.05) is 6.54 Å². The van der Waals surface area contributed by atoms with Gasteiger partial charge < -0.3 is 10.7 Å². The average Bonchev–Trinajstić information content (AvgIpc) is 2.70. The molecule has 2 aromatic rings. The Morgan fingerprint density at radius 2 is 1.79 bits per heavy atom. The number of hydrogen-bond donors (Lipinski definition) is 2. The van der Waals surface area contributed by atoms with Gasteiger partial charge in [-0.25, -0.2) is 0 Å². The summed E-state index contributed by atoms with van der Waals surface area (Å²) < 4.78 is 0. The number of hydrogen-bond acceptors (Lipinski definition) is 1. The lowest BCUT2D eigenvalue weighted by Crippen LogP contribution is -2.21. The molecule has 0 amide bonds. The van der Waals surface area contributed by atoms with Gasteiger partial charge in [-0.05, 0) is 47.1 Å². The second-order valence-corrected chi connectivity index (χ2v) is 7.14. The number of fused-ring (bicyclic) bond motifs is 1. The molecule has 19 heavy (non-hydrogen) atoms. The smallest absolute Gasteiger partial charge is 0.0457 e. The SMILES string of the molecule is CC(C)(C)c1ccc2[nH]cc(C(C)(C)CCN)c2c1. The molecule has 0 unspecified atom stereocenters. The lowest BCUT2D eigenvalue weighted by atomic mass is 9.80. The summed E-state index contributed by atoms with van der Waals surface area (Å²) in [5.41, 5.74) is 10.0. The molecule has 3 N–H and O–H groups in total. The van der Waals surface area contributed by atoms with E-state index < -0.39 is 0 Å². The Morgan fingerprint density at radius 3 is 2.37 bits per heavy atom. The third-order valence-corrected chi connectivity index (χ3v) is 4.05. The van der Waals surface area contributed by atoms with Crippen molar-refractivity contribution in [3.05, 3.63) is 35.5 Å². The highest BCUT2D eigenvalue weighted by Crippen LogP contribution is 2.35. The van der Waals surface area contributed by atoms with Crippen LogP contribution in [0.15, 0.2) is 24.4 Å². The summed E-state index contributed by atoms with van der Waals surface area (Å²) in [7, 11) is 0. The predicted molar refractivity (Wildman–Crippen MR) is 83.7 cm³/mol. The van der Waals surface area contributed by atoms with Crippen LogP contribution < -0.4 is 5.73 Å². The molecule has 0 aliphatic carbocycles. The molecule has 0 saturated heterocycles. The molecular weight excluding hydrogens is 232 g/mol. The van der Waals surface area contributed by atoms with E-state index >= 15 is 0 Å². The van der Waals surface area contributed by atoms with Gasteiger partial charge in [0.1, 0.15) is 0 Å². The van der Waals surface area contributed by atoms with Gasteiger partial charge in [0.25, 0.3) is 0 Å². The Bertz CT molecular complexity index is 570. The summed E-state index contributed by atoms with van der Waals surface area (Å²) in [6.07, 6.45) is 3.15. The molecule has 104 valence electrons. The molecule has 0 aliphatic rings. The van der Waals surface area contributed by atoms with E-state index in [4.69, 9.17) is 5.73 Å². The first kappa shape index (κ1) is 14.1. The van der Waals surface area contributed by atoms with Gasteiger partial charge in [0.2, 0.25) is 0 Å². The molecule has 1 aromatic heterocycles. The van der Waals surface area contributed by atoms with Gasteiger partial charge in [-0.1, -0.05) is 40.7 Å². The Balaban J connectivity index is 2.58. The first-order valence-electron chi connectivity index (χ1n) is 7.08. The lowest BCUT2D eigenvalue weighted by molar-refractivity contribution is 0.491. The maximum absolute atomic E-state index is 5.75. The number of nitrogens with one attached hydrogen (secondary N) is 1. The van der Waals surface area contributed by atoms with E-state index in [0.29, 0.717) is 0 Å². The van der Waals surface area contributed by atoms with Crippen molar-refractivity contribution in [1.29, 1.82) is 0 Å². The van der Waals surface area contributed by atoms with Crippen LogP contribution in [0.25, 0.3) is 10.9 Å². The Kier molecular flexibility index (Phi) is 3.48. The van der Waals surface area contributed by atoms with Gasteiger partial charge >= 0.3 is 0 Å². The number of benzene rings is 1. The van der Waals surface area contributed by atoms with Crippen LogP contribution in [-0.4, -0.2) is 11.5 Å². The molecular formula is C17H26N2. The lowest BCUT2D eigenvalue weighted by Gasteiger charge is -2.24. The third kappa shape index (κ3) is 2.69. The highest BCUT2D eigenvalue weighted by Gasteiger charge is 2.24. The average molecular weight is 258 g/mol. The molecule has 2 heteroatoms. The molecule has 2 nitrogen and oxygen atoms in total. The van der Waals surface area contributed by atoms with E-state index in [-0.39, 0.29) is 10.8 Å². The van der Waals surface area contributed by atoms with Crippen molar-refractivity contribution in [3.8, 4) is 0 Å². The van der Waals surface area contributed by atoms with E-state index in [1.165, 1.54) is 22.0 Å². The molecule has 0 radical (unpaired) electrons. The van der Waals surface area contributed by atoms with Crippen molar-refractivity contribution in [2.45, 2.75) is 51.9 Å². The van der Waals surface area contributed by atoms with E-state index in [9.17, 15) is 0 Å². The Hall–Kier alpha value is -1.28. The predicted octanol–water partition coefficient (Wildman–Crippen LogP) is 4.09. The number of aromatic amines is 1. The molecule has 0 spiro atoms. The van der Waals surface area contributed by atoms with E-state index in [1.54, 1.807) is 0 Å². The zero-order valence-corrected chi connectivity index (χ0v) is 12.8. The molecule has 0 atom stereocenters. The highest BCUT2D eigenvalue weighted by molar-refractivity contribution is 5.85. The molecule has 0 saturated carbocycles. The van der Waals surface area contributed by atoms with Crippen molar-refractivity contribution in [3.63, 3.8) is 0 Å². The standard InChI is InChI=1S/C17H26N2/c1-16(2,3)12-6-7-15-13(10-12)14(11-19-15)17(4,5)8-9-18/h6-7,10-11,19H,8-9,18H2,1-5H3. The van der Waals surface area contributed by atoms with Crippen molar-refractivity contribution < 1.29 is 0 Å². The van der Waals surface area contributed by atoms with Crippen molar-refractivity contribution in [2.24, 2.45) is 5.73 Å². The quantitative estimate of drug-likeness (QED) is 0.855. The zero-order chi connectivity index (χ0) is 14.3. The topological polar surface area (TPSA) is 41.8 Å². The molecule has 0 bridgehead atoms. The number of rotatable bonds is 3. The van der Waals surface area contributed by atoms with Gasteiger partial charge in [0.15, 0.2) is 0 Å². The first-order chi connectivity index (χ1) is 8.75. The Morgan fingerprint density at radius 1 is 1.11 bits per heavy atom. The molecule has 1 heterocycles. The van der Waals surface area contributed by atoms with Gasteiger partial charge in [-0.2, -0.15) is 0 Å². The van der Waals surface area contributed by atoms with Crippen LogP contribution in [0.3, 0.4) is 0 Å². The van der Waals surface area contributed by atoms with Gasteiger partial charge in [0.05, 0.1) is 0 Å². The molecule has 2 rings (SSSR count). The number of nitrogens with two attached hydrogens (primary N) is 1. The summed E-state index contributed by atoms with van der Waals surface area (Å²) >= 11 is 0. The van der Waals surface area contributed by atoms with Crippen LogP contribution in [0.2, 0.25) is 0 Å². The molecule has 0 fully saturated rings. The molecule has 0 aliphatic heterocycles. The van der Waals surface area contributed by atoms with Crippen molar-refractivity contribution in [1.82, 2.24) is 4.98 Å². The minimum atomic E-state index is 0.115. The summed E-state index contributed by atoms with van der Waals surface area (Å²) in [5.74, 6) is 0. The number of H-pyrrole nitrogens is 1. The highest BCUT2D eigenvalue weighted by atomic mass is 14.7. The maximum Gasteiger partial charge on any atom is 0.0457 e. The number of aromatic nitrogens is 1. The third-order valence-electron chi connectivity index (χ3n) is 4.05. The summed E-state index contributed by atoms with van der Waals surface area (Å²) in [6, 6.07) is 6.75. The fourth-order valence-corrected chi connectivity index (χ4v) is 2.64. The Labute approximate surface area is 116 Å². The first-order valence-corrected chi connectivity index (χ1v) is 7.08. The fraction of sp³-hybridized carbons (Fsp3) is 0.529. The van der Waals surface area contributed by atoms with Crippen LogP contribution in [0, 0.1) is 0 Å². The van der Waals surface area contributed by atoms with Gasteiger partial charge in [0, 0.05) is 17.1 Å². The minimum Gasteiger partial charge on any atom is -0.361 e. The largest absolute Gasteiger partial charge is 0.361 e. The molecule has 1 aromatic carbocycles. The van der Waals surface area contributed by atoms with Gasteiger partial charge in [-0.15, -0.1) is 0 Å². The van der Waals surface area contributed by atoms with Crippen LogP contribution in [-0.2, 0) is 10.8 Å². The van der Waals surface area contributed by atoms with E-state index in [2.05, 4.69) is 64.0 Å².